The second-order valence-corrected chi connectivity index (χ2v) is 15.6. The molecular weight excluding hydrogens is 906 g/mol. The van der Waals surface area contributed by atoms with Crippen molar-refractivity contribution >= 4 is 23.8 Å². The van der Waals surface area contributed by atoms with E-state index >= 15 is 0 Å². The Morgan fingerprint density at radius 2 is 1.35 bits per heavy atom. The molecule has 21 nitrogen and oxygen atoms in total. The molecule has 2 saturated heterocycles. The summed E-state index contributed by atoms with van der Waals surface area (Å²) in [6, 6.07) is -0.268. The van der Waals surface area contributed by atoms with E-state index in [9.17, 15) is 65.9 Å². The largest absolute Gasteiger partial charge is 0.490 e. The van der Waals surface area contributed by atoms with Gasteiger partial charge in [-0.3, -0.25) is 28.8 Å². The third-order valence-corrected chi connectivity index (χ3v) is 10.7. The fourth-order valence-electron chi connectivity index (χ4n) is 7.03. The minimum Gasteiger partial charge on any atom is -0.475 e. The van der Waals surface area contributed by atoms with Crippen LogP contribution < -0.4 is 22.3 Å². The van der Waals surface area contributed by atoms with Gasteiger partial charge in [0.25, 0.3) is 11.5 Å². The van der Waals surface area contributed by atoms with Gasteiger partial charge in [0, 0.05) is 38.9 Å². The number of H-pyrrole nitrogens is 1. The summed E-state index contributed by atoms with van der Waals surface area (Å²) in [7, 11) is 3.01. The van der Waals surface area contributed by atoms with E-state index in [1.54, 1.807) is 18.0 Å². The van der Waals surface area contributed by atoms with Crippen LogP contribution >= 0.6 is 0 Å². The Morgan fingerprint density at radius 1 is 0.833 bits per heavy atom. The van der Waals surface area contributed by atoms with Crippen molar-refractivity contribution in [2.45, 2.75) is 151 Å². The number of hydrogen-bond donors (Lipinski definition) is 9. The second kappa shape index (κ2) is 26.8. The molecule has 0 bridgehead atoms. The lowest BCUT2D eigenvalue weighted by atomic mass is 9.97. The van der Waals surface area contributed by atoms with E-state index in [0.29, 0.717) is 6.54 Å². The number of halogens is 6. The summed E-state index contributed by atoms with van der Waals surface area (Å²) in [6.45, 7) is 2.56. The number of aromatic nitrogens is 2. The number of aliphatic carboxylic acids is 2. The highest BCUT2D eigenvalue weighted by molar-refractivity contribution is 5.99. The highest BCUT2D eigenvalue weighted by Gasteiger charge is 2.55. The SMILES string of the molecule is CCCCCCCCCCCCCNC(=O)C1=CCN(C)[C@@H]([C@H](O[C@@H]2O[C@H](CN)[C@@H](O)[C@H]2O)[C@H]2O[C@@H](n3ccc(=O)[nH]c3=O)[C@H](O)[C@@H]2O)C(=O)N1C.O=C(O)C(F)(F)F.O=C(O)C(F)(F)F. The Hall–Kier alpha value is -4.48. The van der Waals surface area contributed by atoms with Crippen LogP contribution in [0.4, 0.5) is 26.3 Å². The number of aliphatic hydroxyl groups excluding tert-OH is 4. The summed E-state index contributed by atoms with van der Waals surface area (Å²) in [6.07, 6.45) is -8.14. The van der Waals surface area contributed by atoms with Gasteiger partial charge in [-0.05, 0) is 19.5 Å². The number of ether oxygens (including phenoxy) is 3. The number of nitrogens with two attached hydrogens (primary N) is 1. The summed E-state index contributed by atoms with van der Waals surface area (Å²) in [5, 5.41) is 60.7. The quantitative estimate of drug-likeness (QED) is 0.0665. The van der Waals surface area contributed by atoms with Crippen LogP contribution in [0, 0.1) is 0 Å². The van der Waals surface area contributed by atoms with Crippen molar-refractivity contribution in [3.05, 3.63) is 44.9 Å². The van der Waals surface area contributed by atoms with Crippen LogP contribution in [0.5, 0.6) is 0 Å². The van der Waals surface area contributed by atoms with Gasteiger partial charge in [-0.15, -0.1) is 0 Å². The number of unbranched alkanes of at least 4 members (excludes halogenated alkanes) is 10. The molecule has 3 aliphatic rings. The van der Waals surface area contributed by atoms with Crippen LogP contribution in [0.25, 0.3) is 0 Å². The molecule has 3 aliphatic heterocycles. The molecule has 2 fully saturated rings. The Balaban J connectivity index is 0.000000923. The topological polar surface area (TPSA) is 317 Å². The number of hydrogen-bond acceptors (Lipinski definition) is 15. The Morgan fingerprint density at radius 3 is 1.82 bits per heavy atom. The molecule has 10 N–H and O–H groups in total. The van der Waals surface area contributed by atoms with Crippen LogP contribution in [-0.2, 0) is 33.4 Å². The highest BCUT2D eigenvalue weighted by Crippen LogP contribution is 2.36. The lowest BCUT2D eigenvalue weighted by Crippen LogP contribution is -2.59. The molecule has 378 valence electrons. The molecule has 0 aliphatic carbocycles. The molecule has 4 rings (SSSR count). The van der Waals surface area contributed by atoms with Gasteiger partial charge in [-0.25, -0.2) is 14.4 Å². The van der Waals surface area contributed by atoms with Gasteiger partial charge in [-0.1, -0.05) is 71.1 Å². The van der Waals surface area contributed by atoms with Crippen molar-refractivity contribution < 1.29 is 90.4 Å². The molecule has 0 aromatic carbocycles. The normalized spacial score (nSPS) is 26.3. The minimum absolute atomic E-state index is 0.0676. The third kappa shape index (κ3) is 17.0. The van der Waals surface area contributed by atoms with E-state index in [2.05, 4.69) is 17.2 Å². The van der Waals surface area contributed by atoms with Gasteiger partial charge >= 0.3 is 30.0 Å². The number of likely N-dealkylation sites (N-methyl/N-ethyl adjacent to an activating group) is 2. The van der Waals surface area contributed by atoms with E-state index in [-0.39, 0.29) is 18.8 Å². The minimum atomic E-state index is -5.08. The number of carbonyl (C=O) groups is 4. The predicted octanol–water partition coefficient (Wildman–Crippen LogP) is 0.297. The predicted molar refractivity (Wildman–Crippen MR) is 216 cm³/mol. The Bertz CT molecular complexity index is 1840. The maximum Gasteiger partial charge on any atom is 0.490 e. The Labute approximate surface area is 374 Å². The standard InChI is InChI=1S/C35H58N6O11.2C2HF3O2/c1-4-5-6-7-8-9-10-11-12-13-14-17-37-31(47)21-15-18-39(2)24(32(48)40(21)3)29(52-34-28(46)25(43)22(20-36)50-34)30-26(44)27(45)33(51-30)41-19-16-23(42)38-35(41)49;2*3-2(4,5)1(6)7/h15-16,19,22,24-30,33-34,43-46H,4-14,17-18,20,36H2,1-3H3,(H,37,47)(H,38,42,49);2*(H,6,7)/t22-,24+,25-,26+,27-,28-,29+,30+,33-,34+;;/m1../s1. The molecule has 10 atom stereocenters. The fourth-order valence-corrected chi connectivity index (χ4v) is 7.03. The lowest BCUT2D eigenvalue weighted by Gasteiger charge is -2.38. The third-order valence-electron chi connectivity index (χ3n) is 10.7. The maximum absolute atomic E-state index is 14.2. The number of carbonyl (C=O) groups excluding carboxylic acids is 2. The maximum atomic E-state index is 14.2. The van der Waals surface area contributed by atoms with E-state index in [4.69, 9.17) is 39.7 Å². The summed E-state index contributed by atoms with van der Waals surface area (Å²) in [4.78, 5) is 74.4. The zero-order valence-electron chi connectivity index (χ0n) is 36.4. The average molecular weight is 967 g/mol. The molecule has 27 heteroatoms. The van der Waals surface area contributed by atoms with Crippen LogP contribution in [0.2, 0.25) is 0 Å². The fraction of sp³-hybridized carbons (Fsp3) is 0.744. The van der Waals surface area contributed by atoms with Crippen LogP contribution in [0.1, 0.15) is 83.8 Å². The zero-order chi connectivity index (χ0) is 50.1. The molecule has 1 aromatic rings. The highest BCUT2D eigenvalue weighted by atomic mass is 19.4. The molecule has 4 heterocycles. The first-order valence-electron chi connectivity index (χ1n) is 21.1. The smallest absolute Gasteiger partial charge is 0.475 e. The number of nitrogens with one attached hydrogen (secondary N) is 2. The van der Waals surface area contributed by atoms with Crippen molar-refractivity contribution in [1.82, 2.24) is 24.7 Å². The number of aromatic amines is 1. The number of alkyl halides is 6. The van der Waals surface area contributed by atoms with Gasteiger partial charge in [-0.2, -0.15) is 26.3 Å². The van der Waals surface area contributed by atoms with E-state index in [1.807, 2.05) is 0 Å². The Kier molecular flexibility index (Phi) is 23.4. The van der Waals surface area contributed by atoms with Gasteiger partial charge in [0.15, 0.2) is 12.5 Å². The summed E-state index contributed by atoms with van der Waals surface area (Å²) >= 11 is 0. The molecule has 2 amide bonds. The lowest BCUT2D eigenvalue weighted by molar-refractivity contribution is -0.232. The number of carboxylic acid groups (broad SMARTS) is 2. The van der Waals surface area contributed by atoms with Crippen molar-refractivity contribution in [1.29, 1.82) is 0 Å². The molecule has 0 radical (unpaired) electrons. The average Bonchev–Trinajstić information content (AvgIpc) is 3.64. The second-order valence-electron chi connectivity index (χ2n) is 15.6. The number of amides is 2. The number of rotatable bonds is 19. The van der Waals surface area contributed by atoms with Crippen molar-refractivity contribution in [3.8, 4) is 0 Å². The van der Waals surface area contributed by atoms with Crippen LogP contribution in [-0.4, -0.2) is 175 Å². The van der Waals surface area contributed by atoms with Gasteiger partial charge < -0.3 is 60.8 Å². The van der Waals surface area contributed by atoms with E-state index < -0.39 is 109 Å². The number of carboxylic acids is 2. The summed E-state index contributed by atoms with van der Waals surface area (Å²) in [5.74, 6) is -6.59. The molecule has 0 spiro atoms. The van der Waals surface area contributed by atoms with E-state index in [1.165, 1.54) is 56.9 Å². The first kappa shape index (κ1) is 57.6. The first-order valence-corrected chi connectivity index (χ1v) is 21.1. The van der Waals surface area contributed by atoms with Crippen molar-refractivity contribution in [2.75, 3.05) is 33.7 Å². The monoisotopic (exact) mass is 966 g/mol. The van der Waals surface area contributed by atoms with Crippen molar-refractivity contribution in [3.63, 3.8) is 0 Å². The van der Waals surface area contributed by atoms with Crippen LogP contribution in [0.3, 0.4) is 0 Å². The van der Waals surface area contributed by atoms with Gasteiger partial charge in [0.1, 0.15) is 54.5 Å². The molecule has 0 saturated carbocycles. The number of aliphatic hydroxyl groups is 4. The van der Waals surface area contributed by atoms with E-state index in [0.717, 1.165) is 42.5 Å². The molecule has 1 aromatic heterocycles. The number of nitrogens with zero attached hydrogens (tertiary/aromatic N) is 3. The summed E-state index contributed by atoms with van der Waals surface area (Å²) in [5.41, 5.74) is 4.19. The zero-order valence-corrected chi connectivity index (χ0v) is 36.4. The first-order chi connectivity index (χ1) is 30.8. The van der Waals surface area contributed by atoms with Gasteiger partial charge in [0.05, 0.1) is 0 Å². The van der Waals surface area contributed by atoms with Gasteiger partial charge in [0.2, 0.25) is 5.91 Å². The molecular formula is C39H60F6N6O15. The van der Waals surface area contributed by atoms with Crippen molar-refractivity contribution in [2.24, 2.45) is 5.73 Å². The van der Waals surface area contributed by atoms with Crippen LogP contribution in [0.15, 0.2) is 33.6 Å². The summed E-state index contributed by atoms with van der Waals surface area (Å²) < 4.78 is 82.2. The molecule has 66 heavy (non-hydrogen) atoms. The molecule has 0 unspecified atom stereocenters.